The van der Waals surface area contributed by atoms with Gasteiger partial charge < -0.3 is 5.11 Å². The molecule has 0 aliphatic heterocycles. The normalized spacial score (nSPS) is 32.4. The van der Waals surface area contributed by atoms with Crippen molar-refractivity contribution in [3.05, 3.63) is 59.3 Å². The SMILES string of the molecule is C=C1CCC(O)C/C1=C/C=C1\CCCC2(C)C(C(C)/C=C/C(C)(C)S(=O)(=O)C(C)(C)C)=CCC12. The molecule has 0 heterocycles. The van der Waals surface area contributed by atoms with Crippen LogP contribution in [0.25, 0.3) is 0 Å². The Hall–Kier alpha value is -1.39. The number of aliphatic hydroxyl groups is 1. The second kappa shape index (κ2) is 9.58. The molecule has 3 nitrogen and oxygen atoms in total. The Labute approximate surface area is 208 Å². The average Bonchev–Trinajstić information content (AvgIpc) is 3.09. The van der Waals surface area contributed by atoms with Gasteiger partial charge in [0.05, 0.1) is 15.6 Å². The molecular weight excluding hydrogens is 440 g/mol. The number of hydrogen-bond donors (Lipinski definition) is 1. The quantitative estimate of drug-likeness (QED) is 0.416. The first-order chi connectivity index (χ1) is 15.6. The summed E-state index contributed by atoms with van der Waals surface area (Å²) in [6.07, 6.45) is 17.7. The minimum atomic E-state index is -3.32. The molecule has 0 aromatic rings. The Kier molecular flexibility index (Phi) is 7.66. The van der Waals surface area contributed by atoms with Crippen LogP contribution in [0.3, 0.4) is 0 Å². The van der Waals surface area contributed by atoms with Gasteiger partial charge in [0.2, 0.25) is 0 Å². The zero-order valence-corrected chi connectivity index (χ0v) is 23.3. The Morgan fingerprint density at radius 1 is 1.18 bits per heavy atom. The molecule has 3 rings (SSSR count). The summed E-state index contributed by atoms with van der Waals surface area (Å²) in [4.78, 5) is 0. The van der Waals surface area contributed by atoms with Gasteiger partial charge in [-0.15, -0.1) is 0 Å². The van der Waals surface area contributed by atoms with E-state index in [1.54, 1.807) is 20.8 Å². The molecule has 190 valence electrons. The molecule has 2 fully saturated rings. The molecule has 0 aromatic carbocycles. The summed E-state index contributed by atoms with van der Waals surface area (Å²) in [6, 6.07) is 0. The second-order valence-electron chi connectivity index (χ2n) is 12.5. The van der Waals surface area contributed by atoms with Crippen LogP contribution in [-0.2, 0) is 9.84 Å². The summed E-state index contributed by atoms with van der Waals surface area (Å²) in [7, 11) is -3.32. The van der Waals surface area contributed by atoms with E-state index in [-0.39, 0.29) is 17.4 Å². The van der Waals surface area contributed by atoms with E-state index in [0.29, 0.717) is 12.3 Å². The topological polar surface area (TPSA) is 54.4 Å². The fourth-order valence-corrected chi connectivity index (χ4v) is 8.15. The Bertz CT molecular complexity index is 1030. The van der Waals surface area contributed by atoms with Crippen LogP contribution in [0.5, 0.6) is 0 Å². The van der Waals surface area contributed by atoms with Crippen molar-refractivity contribution in [1.29, 1.82) is 0 Å². The van der Waals surface area contributed by atoms with Gasteiger partial charge in [-0.2, -0.15) is 0 Å². The van der Waals surface area contributed by atoms with Gasteiger partial charge in [0.1, 0.15) is 0 Å². The molecule has 2 saturated carbocycles. The minimum absolute atomic E-state index is 0.114. The van der Waals surface area contributed by atoms with E-state index in [1.165, 1.54) is 29.6 Å². The number of fused-ring (bicyclic) bond motifs is 1. The van der Waals surface area contributed by atoms with E-state index in [0.717, 1.165) is 31.3 Å². The van der Waals surface area contributed by atoms with E-state index in [4.69, 9.17) is 0 Å². The molecule has 3 aliphatic carbocycles. The molecule has 1 N–H and O–H groups in total. The highest BCUT2D eigenvalue weighted by molar-refractivity contribution is 7.94. The van der Waals surface area contributed by atoms with Gasteiger partial charge in [0.15, 0.2) is 9.84 Å². The summed E-state index contributed by atoms with van der Waals surface area (Å²) in [6.45, 7) is 17.8. The molecule has 0 amide bonds. The Morgan fingerprint density at radius 2 is 1.85 bits per heavy atom. The van der Waals surface area contributed by atoms with Crippen LogP contribution in [0.15, 0.2) is 59.3 Å². The summed E-state index contributed by atoms with van der Waals surface area (Å²) in [5.74, 6) is 0.701. The lowest BCUT2D eigenvalue weighted by Gasteiger charge is -2.42. The van der Waals surface area contributed by atoms with E-state index in [2.05, 4.69) is 44.7 Å². The second-order valence-corrected chi connectivity index (χ2v) is 15.8. The van der Waals surface area contributed by atoms with Crippen molar-refractivity contribution in [2.24, 2.45) is 17.3 Å². The maximum absolute atomic E-state index is 13.1. The van der Waals surface area contributed by atoms with Gasteiger partial charge in [-0.05, 0) is 102 Å². The third-order valence-electron chi connectivity index (χ3n) is 8.57. The summed E-state index contributed by atoms with van der Waals surface area (Å²) in [5.41, 5.74) is 5.43. The lowest BCUT2D eigenvalue weighted by molar-refractivity contribution is 0.158. The highest BCUT2D eigenvalue weighted by atomic mass is 32.2. The van der Waals surface area contributed by atoms with E-state index < -0.39 is 19.3 Å². The summed E-state index contributed by atoms with van der Waals surface area (Å²) < 4.78 is 24.5. The molecule has 0 spiro atoms. The zero-order valence-electron chi connectivity index (χ0n) is 22.4. The van der Waals surface area contributed by atoms with E-state index in [9.17, 15) is 13.5 Å². The number of rotatable bonds is 5. The van der Waals surface area contributed by atoms with Crippen LogP contribution in [0.1, 0.15) is 93.4 Å². The highest BCUT2D eigenvalue weighted by Crippen LogP contribution is 2.56. The predicted octanol–water partition coefficient (Wildman–Crippen LogP) is 7.26. The number of hydrogen-bond acceptors (Lipinski definition) is 3. The van der Waals surface area contributed by atoms with Crippen molar-refractivity contribution < 1.29 is 13.5 Å². The van der Waals surface area contributed by atoms with Crippen LogP contribution >= 0.6 is 0 Å². The van der Waals surface area contributed by atoms with Gasteiger partial charge in [-0.3, -0.25) is 0 Å². The van der Waals surface area contributed by atoms with Gasteiger partial charge in [-0.1, -0.05) is 67.5 Å². The first-order valence-corrected chi connectivity index (χ1v) is 14.5. The zero-order chi connectivity index (χ0) is 25.5. The molecule has 0 aromatic heterocycles. The number of sulfone groups is 1. The van der Waals surface area contributed by atoms with Gasteiger partial charge in [0, 0.05) is 0 Å². The van der Waals surface area contributed by atoms with E-state index >= 15 is 0 Å². The van der Waals surface area contributed by atoms with E-state index in [1.807, 2.05) is 19.9 Å². The third-order valence-corrected chi connectivity index (χ3v) is 11.7. The van der Waals surface area contributed by atoms with Crippen LogP contribution < -0.4 is 0 Å². The van der Waals surface area contributed by atoms with Crippen molar-refractivity contribution in [1.82, 2.24) is 0 Å². The molecule has 4 heteroatoms. The maximum atomic E-state index is 13.1. The van der Waals surface area contributed by atoms with Crippen molar-refractivity contribution in [2.45, 2.75) is 109 Å². The molecule has 34 heavy (non-hydrogen) atoms. The minimum Gasteiger partial charge on any atom is -0.393 e. The number of allylic oxidation sites excluding steroid dienone is 7. The van der Waals surface area contributed by atoms with Crippen molar-refractivity contribution in [2.75, 3.05) is 0 Å². The largest absolute Gasteiger partial charge is 0.393 e. The smallest absolute Gasteiger partial charge is 0.163 e. The van der Waals surface area contributed by atoms with Crippen LogP contribution in [0.4, 0.5) is 0 Å². The fourth-order valence-electron chi connectivity index (χ4n) is 6.31. The molecule has 0 saturated heterocycles. The lowest BCUT2D eigenvalue weighted by Crippen LogP contribution is -2.42. The van der Waals surface area contributed by atoms with Crippen molar-refractivity contribution >= 4 is 9.84 Å². The Morgan fingerprint density at radius 3 is 2.50 bits per heavy atom. The Balaban J connectivity index is 1.80. The van der Waals surface area contributed by atoms with Crippen LogP contribution in [0.2, 0.25) is 0 Å². The third kappa shape index (κ3) is 5.09. The van der Waals surface area contributed by atoms with Gasteiger partial charge in [-0.25, -0.2) is 8.42 Å². The highest BCUT2D eigenvalue weighted by Gasteiger charge is 2.46. The predicted molar refractivity (Wildman–Crippen MR) is 144 cm³/mol. The average molecular weight is 487 g/mol. The monoisotopic (exact) mass is 486 g/mol. The standard InChI is InChI=1S/C30H46O3S/c1-21-11-14-25(31)20-24(21)13-12-23-10-9-18-30(8)26(15-16-27(23)30)22(2)17-19-29(6,7)34(32,33)28(3,4)5/h12-13,15,17,19,22,25,27,31H,1,9-11,14,16,18,20H2,2-8H3/b19-17+,23-12+,24-13-. The van der Waals surface area contributed by atoms with Crippen molar-refractivity contribution in [3.8, 4) is 0 Å². The number of aliphatic hydroxyl groups excluding tert-OH is 1. The fraction of sp³-hybridized carbons (Fsp3) is 0.667. The molecule has 0 bridgehead atoms. The molecule has 3 aliphatic rings. The summed E-state index contributed by atoms with van der Waals surface area (Å²) >= 11 is 0. The maximum Gasteiger partial charge on any atom is 0.163 e. The van der Waals surface area contributed by atoms with Crippen molar-refractivity contribution in [3.63, 3.8) is 0 Å². The van der Waals surface area contributed by atoms with Crippen LogP contribution in [0, 0.1) is 17.3 Å². The van der Waals surface area contributed by atoms with Crippen LogP contribution in [-0.4, -0.2) is 29.1 Å². The molecule has 4 unspecified atom stereocenters. The molecular formula is C30H46O3S. The first-order valence-electron chi connectivity index (χ1n) is 13.0. The summed E-state index contributed by atoms with van der Waals surface area (Å²) in [5, 5.41) is 10.1. The molecule has 0 radical (unpaired) electrons. The lowest BCUT2D eigenvalue weighted by atomic mass is 9.62. The molecule has 4 atom stereocenters. The van der Waals surface area contributed by atoms with Gasteiger partial charge in [0.25, 0.3) is 0 Å². The van der Waals surface area contributed by atoms with Gasteiger partial charge >= 0.3 is 0 Å². The first kappa shape index (κ1) is 27.2.